The molecule has 0 bridgehead atoms. The van der Waals surface area contributed by atoms with Crippen LogP contribution in [0, 0.1) is 4.91 Å². The first kappa shape index (κ1) is 25.6. The standard InChI is InChI=1S/C28H28N4O5/c1-5-24(31-36)28-30-29-27(23-14-22(16(2)3)25(34)15-26(23)35)32(28)19-8-12-21(13-9-19)37-20-10-6-18(7-11-20)17(4)33/h6-16,24,34-35H,5H2,1-4H3. The molecule has 0 aliphatic carbocycles. The third kappa shape index (κ3) is 5.20. The molecule has 0 aliphatic rings. The van der Waals surface area contributed by atoms with Gasteiger partial charge in [0.25, 0.3) is 0 Å². The first-order valence-corrected chi connectivity index (χ1v) is 12.0. The Kier molecular flexibility index (Phi) is 7.33. The average molecular weight is 501 g/mol. The van der Waals surface area contributed by atoms with Crippen LogP contribution in [0.15, 0.2) is 65.8 Å². The number of ketones is 1. The summed E-state index contributed by atoms with van der Waals surface area (Å²) in [5.74, 6) is 1.58. The highest BCUT2D eigenvalue weighted by Gasteiger charge is 2.25. The van der Waals surface area contributed by atoms with Crippen LogP contribution >= 0.6 is 0 Å². The number of nitroso groups, excluding NO2 is 1. The molecule has 0 fully saturated rings. The molecule has 4 aromatic rings. The Bertz CT molecular complexity index is 1430. The fourth-order valence-corrected chi connectivity index (χ4v) is 4.04. The number of ether oxygens (including phenoxy) is 1. The van der Waals surface area contributed by atoms with Crippen LogP contribution in [0.3, 0.4) is 0 Å². The van der Waals surface area contributed by atoms with Crippen molar-refractivity contribution in [1.29, 1.82) is 0 Å². The molecule has 0 radical (unpaired) electrons. The molecule has 37 heavy (non-hydrogen) atoms. The molecule has 0 amide bonds. The van der Waals surface area contributed by atoms with E-state index in [1.165, 1.54) is 13.0 Å². The van der Waals surface area contributed by atoms with Gasteiger partial charge in [0.1, 0.15) is 23.0 Å². The lowest BCUT2D eigenvalue weighted by molar-refractivity contribution is 0.101. The van der Waals surface area contributed by atoms with Gasteiger partial charge in [-0.3, -0.25) is 9.36 Å². The van der Waals surface area contributed by atoms with Crippen LogP contribution in [0.25, 0.3) is 17.1 Å². The summed E-state index contributed by atoms with van der Waals surface area (Å²) in [7, 11) is 0. The lowest BCUT2D eigenvalue weighted by Gasteiger charge is -2.16. The average Bonchev–Trinajstić information content (AvgIpc) is 3.30. The summed E-state index contributed by atoms with van der Waals surface area (Å²) < 4.78 is 7.58. The van der Waals surface area contributed by atoms with E-state index in [9.17, 15) is 19.9 Å². The van der Waals surface area contributed by atoms with Gasteiger partial charge in [-0.25, -0.2) is 0 Å². The number of nitrogens with zero attached hydrogens (tertiary/aromatic N) is 4. The van der Waals surface area contributed by atoms with E-state index in [0.717, 1.165) is 0 Å². The van der Waals surface area contributed by atoms with Gasteiger partial charge in [-0.05, 0) is 79.4 Å². The molecular weight excluding hydrogens is 472 g/mol. The minimum atomic E-state index is -0.749. The lowest BCUT2D eigenvalue weighted by atomic mass is 9.98. The van der Waals surface area contributed by atoms with E-state index >= 15 is 0 Å². The second kappa shape index (κ2) is 10.6. The zero-order valence-corrected chi connectivity index (χ0v) is 21.0. The van der Waals surface area contributed by atoms with Gasteiger partial charge in [0.05, 0.1) is 5.56 Å². The third-order valence-corrected chi connectivity index (χ3v) is 6.10. The number of aromatic nitrogens is 3. The van der Waals surface area contributed by atoms with Crippen molar-refractivity contribution in [1.82, 2.24) is 14.8 Å². The topological polar surface area (TPSA) is 127 Å². The van der Waals surface area contributed by atoms with Gasteiger partial charge in [0.15, 0.2) is 23.5 Å². The second-order valence-corrected chi connectivity index (χ2v) is 9.01. The van der Waals surface area contributed by atoms with Gasteiger partial charge in [0.2, 0.25) is 0 Å². The Morgan fingerprint density at radius 2 is 1.59 bits per heavy atom. The third-order valence-electron chi connectivity index (χ3n) is 6.10. The van der Waals surface area contributed by atoms with E-state index in [4.69, 9.17) is 4.74 Å². The van der Waals surface area contributed by atoms with Crippen LogP contribution < -0.4 is 4.74 Å². The molecule has 9 nitrogen and oxygen atoms in total. The van der Waals surface area contributed by atoms with Crippen LogP contribution in [0.2, 0.25) is 0 Å². The molecule has 0 aliphatic heterocycles. The molecule has 1 aromatic heterocycles. The molecule has 0 saturated carbocycles. The Morgan fingerprint density at radius 3 is 2.14 bits per heavy atom. The van der Waals surface area contributed by atoms with Gasteiger partial charge in [-0.15, -0.1) is 10.2 Å². The van der Waals surface area contributed by atoms with Crippen molar-refractivity contribution < 1.29 is 19.7 Å². The molecule has 0 spiro atoms. The van der Waals surface area contributed by atoms with Crippen LogP contribution in [-0.4, -0.2) is 30.8 Å². The van der Waals surface area contributed by atoms with E-state index < -0.39 is 6.04 Å². The highest BCUT2D eigenvalue weighted by atomic mass is 16.5. The number of phenols is 2. The van der Waals surface area contributed by atoms with Gasteiger partial charge in [0, 0.05) is 17.3 Å². The molecule has 190 valence electrons. The van der Waals surface area contributed by atoms with Crippen molar-refractivity contribution >= 4 is 5.78 Å². The molecule has 1 heterocycles. The Hall–Kier alpha value is -4.53. The maximum absolute atomic E-state index is 11.6. The number of aromatic hydroxyl groups is 2. The van der Waals surface area contributed by atoms with Crippen molar-refractivity contribution in [3.05, 3.63) is 82.5 Å². The van der Waals surface area contributed by atoms with Crippen molar-refractivity contribution in [3.8, 4) is 40.1 Å². The van der Waals surface area contributed by atoms with Gasteiger partial charge in [-0.2, -0.15) is 4.91 Å². The molecule has 1 atom stereocenters. The number of benzene rings is 3. The summed E-state index contributed by atoms with van der Waals surface area (Å²) in [4.78, 5) is 23.1. The second-order valence-electron chi connectivity index (χ2n) is 9.01. The highest BCUT2D eigenvalue weighted by molar-refractivity contribution is 5.94. The first-order valence-electron chi connectivity index (χ1n) is 12.0. The van der Waals surface area contributed by atoms with E-state index in [-0.39, 0.29) is 23.2 Å². The number of hydrogen-bond donors (Lipinski definition) is 2. The van der Waals surface area contributed by atoms with Gasteiger partial charge < -0.3 is 14.9 Å². The predicted octanol–water partition coefficient (Wildman–Crippen LogP) is 6.68. The van der Waals surface area contributed by atoms with E-state index in [1.54, 1.807) is 59.2 Å². The Morgan fingerprint density at radius 1 is 0.973 bits per heavy atom. The summed E-state index contributed by atoms with van der Waals surface area (Å²) >= 11 is 0. The number of carbonyl (C=O) groups excluding carboxylic acids is 1. The van der Waals surface area contributed by atoms with Crippen molar-refractivity contribution in [2.45, 2.75) is 46.1 Å². The smallest absolute Gasteiger partial charge is 0.172 e. The maximum Gasteiger partial charge on any atom is 0.172 e. The minimum absolute atomic E-state index is 0.00355. The maximum atomic E-state index is 11.6. The predicted molar refractivity (Wildman–Crippen MR) is 140 cm³/mol. The zero-order valence-electron chi connectivity index (χ0n) is 21.0. The van der Waals surface area contributed by atoms with Gasteiger partial charge in [-0.1, -0.05) is 25.9 Å². The summed E-state index contributed by atoms with van der Waals surface area (Å²) in [6, 6.07) is 16.2. The van der Waals surface area contributed by atoms with Crippen LogP contribution in [-0.2, 0) is 0 Å². The Balaban J connectivity index is 1.76. The fourth-order valence-electron chi connectivity index (χ4n) is 4.04. The summed E-state index contributed by atoms with van der Waals surface area (Å²) in [5.41, 5.74) is 2.24. The van der Waals surface area contributed by atoms with Crippen LogP contribution in [0.1, 0.15) is 67.8 Å². The summed E-state index contributed by atoms with van der Waals surface area (Å²) in [6.45, 7) is 7.20. The molecule has 0 saturated heterocycles. The normalized spacial score (nSPS) is 11.9. The first-order chi connectivity index (χ1) is 17.7. The fraction of sp³-hybridized carbons (Fsp3) is 0.250. The monoisotopic (exact) mass is 500 g/mol. The van der Waals surface area contributed by atoms with E-state index in [1.807, 2.05) is 20.8 Å². The number of hydrogen-bond acceptors (Lipinski definition) is 8. The highest BCUT2D eigenvalue weighted by Crippen LogP contribution is 2.39. The molecule has 2 N–H and O–H groups in total. The van der Waals surface area contributed by atoms with Gasteiger partial charge >= 0.3 is 0 Å². The van der Waals surface area contributed by atoms with Crippen molar-refractivity contribution in [2.75, 3.05) is 0 Å². The van der Waals surface area contributed by atoms with Crippen LogP contribution in [0.5, 0.6) is 23.0 Å². The molecule has 9 heteroatoms. The number of rotatable bonds is 9. The summed E-state index contributed by atoms with van der Waals surface area (Å²) in [6.07, 6.45) is 0.415. The van der Waals surface area contributed by atoms with E-state index in [2.05, 4.69) is 15.4 Å². The molecule has 3 aromatic carbocycles. The number of Topliss-reactive ketones (excluding diaryl/α,β-unsaturated/α-hetero) is 1. The SMILES string of the molecule is CCC(N=O)c1nnc(-c2cc(C(C)C)c(O)cc2O)n1-c1ccc(Oc2ccc(C(C)=O)cc2)cc1. The quantitative estimate of drug-likeness (QED) is 0.194. The molecule has 1 unspecified atom stereocenters. The largest absolute Gasteiger partial charge is 0.508 e. The van der Waals surface area contributed by atoms with Crippen LogP contribution in [0.4, 0.5) is 0 Å². The minimum Gasteiger partial charge on any atom is -0.508 e. The van der Waals surface area contributed by atoms with Crippen molar-refractivity contribution in [2.24, 2.45) is 5.18 Å². The number of phenolic OH excluding ortho intramolecular Hbond substituents is 2. The van der Waals surface area contributed by atoms with E-state index in [0.29, 0.717) is 51.9 Å². The lowest BCUT2D eigenvalue weighted by Crippen LogP contribution is -2.07. The summed E-state index contributed by atoms with van der Waals surface area (Å²) in [5, 5.41) is 32.7. The van der Waals surface area contributed by atoms with Crippen molar-refractivity contribution in [3.63, 3.8) is 0 Å². The zero-order chi connectivity index (χ0) is 26.7. The molecule has 4 rings (SSSR count). The number of carbonyl (C=O) groups is 1. The Labute approximate surface area is 214 Å². The molecular formula is C28H28N4O5.